The smallest absolute Gasteiger partial charge is 0.382 e. The maximum atomic E-state index is 12.7. The minimum atomic E-state index is -4.28. The van der Waals surface area contributed by atoms with E-state index in [-0.39, 0.29) is 6.04 Å². The summed E-state index contributed by atoms with van der Waals surface area (Å²) < 4.78 is 38.0. The highest BCUT2D eigenvalue weighted by atomic mass is 19.4. The second-order valence-corrected chi connectivity index (χ2v) is 5.61. The van der Waals surface area contributed by atoms with E-state index in [9.17, 15) is 13.2 Å². The molecule has 1 nitrogen and oxygen atoms in total. The van der Waals surface area contributed by atoms with Gasteiger partial charge in [0.25, 0.3) is 0 Å². The summed E-state index contributed by atoms with van der Waals surface area (Å²) in [5, 5.41) is 3.22. The third-order valence-electron chi connectivity index (χ3n) is 3.88. The van der Waals surface area contributed by atoms with Crippen molar-refractivity contribution < 1.29 is 13.2 Å². The molecule has 0 bridgehead atoms. The van der Waals surface area contributed by atoms with E-state index in [1.54, 1.807) is 0 Å². The van der Waals surface area contributed by atoms with Gasteiger partial charge in [0.05, 0.1) is 5.56 Å². The summed E-state index contributed by atoms with van der Waals surface area (Å²) in [5.41, 5.74) is 0.867. The Morgan fingerprint density at radius 1 is 1.32 bits per heavy atom. The van der Waals surface area contributed by atoms with Crippen LogP contribution in [-0.2, 0) is 6.18 Å². The van der Waals surface area contributed by atoms with Gasteiger partial charge in [-0.05, 0) is 43.9 Å². The van der Waals surface area contributed by atoms with E-state index in [4.69, 9.17) is 0 Å². The molecule has 19 heavy (non-hydrogen) atoms. The van der Waals surface area contributed by atoms with Crippen LogP contribution in [0.3, 0.4) is 0 Å². The average molecular weight is 271 g/mol. The topological polar surface area (TPSA) is 12.0 Å². The predicted octanol–water partition coefficient (Wildman–Crippen LogP) is 5.00. The summed E-state index contributed by atoms with van der Waals surface area (Å²) in [6.07, 6.45) is 0.568. The largest absolute Gasteiger partial charge is 0.416 e. The van der Waals surface area contributed by atoms with Gasteiger partial charge in [0.15, 0.2) is 0 Å². The summed E-state index contributed by atoms with van der Waals surface area (Å²) in [7, 11) is 0. The van der Waals surface area contributed by atoms with Crippen LogP contribution in [0.2, 0.25) is 0 Å². The molecule has 106 valence electrons. The fraction of sp³-hybridized carbons (Fsp3) is 0.600. The van der Waals surface area contributed by atoms with Crippen LogP contribution in [0.5, 0.6) is 0 Å². The molecule has 4 heteroatoms. The molecule has 1 saturated carbocycles. The summed E-state index contributed by atoms with van der Waals surface area (Å²) in [6.45, 7) is 3.87. The molecule has 1 N–H and O–H groups in total. The summed E-state index contributed by atoms with van der Waals surface area (Å²) in [6, 6.07) is 4.10. The normalized spacial score (nSPS) is 17.9. The monoisotopic (exact) mass is 271 g/mol. The third kappa shape index (κ3) is 3.64. The third-order valence-corrected chi connectivity index (χ3v) is 3.88. The number of alkyl halides is 3. The van der Waals surface area contributed by atoms with Gasteiger partial charge in [-0.15, -0.1) is 0 Å². The van der Waals surface area contributed by atoms with Crippen LogP contribution in [0.1, 0.15) is 43.7 Å². The number of aryl methyl sites for hydroxylation is 1. The fourth-order valence-corrected chi connectivity index (χ4v) is 2.51. The van der Waals surface area contributed by atoms with Crippen molar-refractivity contribution in [1.29, 1.82) is 0 Å². The first kappa shape index (κ1) is 14.2. The Labute approximate surface area is 112 Å². The highest BCUT2D eigenvalue weighted by Gasteiger charge is 2.31. The quantitative estimate of drug-likeness (QED) is 0.812. The van der Waals surface area contributed by atoms with Crippen LogP contribution in [0.25, 0.3) is 0 Å². The number of benzene rings is 1. The maximum Gasteiger partial charge on any atom is 0.416 e. The van der Waals surface area contributed by atoms with Gasteiger partial charge in [0.2, 0.25) is 0 Å². The van der Waals surface area contributed by atoms with E-state index in [1.807, 2.05) is 13.8 Å². The van der Waals surface area contributed by atoms with E-state index < -0.39 is 11.7 Å². The Bertz CT molecular complexity index is 436. The number of nitrogens with one attached hydrogen (secondary N) is 1. The molecular formula is C15H20F3N. The van der Waals surface area contributed by atoms with Gasteiger partial charge < -0.3 is 5.32 Å². The summed E-state index contributed by atoms with van der Waals surface area (Å²) in [5.74, 6) is 0.744. The lowest BCUT2D eigenvalue weighted by atomic mass is 9.81. The van der Waals surface area contributed by atoms with Gasteiger partial charge >= 0.3 is 6.18 Å². The zero-order chi connectivity index (χ0) is 14.0. The van der Waals surface area contributed by atoms with Gasteiger partial charge in [-0.1, -0.05) is 25.3 Å². The second-order valence-electron chi connectivity index (χ2n) is 5.61. The van der Waals surface area contributed by atoms with E-state index in [2.05, 4.69) is 5.32 Å². The molecule has 0 heterocycles. The zero-order valence-corrected chi connectivity index (χ0v) is 11.3. The molecule has 1 unspecified atom stereocenters. The van der Waals surface area contributed by atoms with Crippen molar-refractivity contribution >= 4 is 5.69 Å². The molecular weight excluding hydrogens is 251 g/mol. The van der Waals surface area contributed by atoms with E-state index in [0.717, 1.165) is 24.0 Å². The molecule has 0 saturated heterocycles. The Hall–Kier alpha value is -1.19. The Kier molecular flexibility index (Phi) is 4.07. The lowest BCUT2D eigenvalue weighted by Crippen LogP contribution is -2.23. The van der Waals surface area contributed by atoms with Crippen LogP contribution < -0.4 is 5.32 Å². The molecule has 0 aromatic heterocycles. The molecule has 0 amide bonds. The Morgan fingerprint density at radius 3 is 2.53 bits per heavy atom. The van der Waals surface area contributed by atoms with Crippen molar-refractivity contribution in [2.24, 2.45) is 5.92 Å². The van der Waals surface area contributed by atoms with Crippen molar-refractivity contribution in [2.45, 2.75) is 51.7 Å². The number of halogens is 3. The molecule has 1 aliphatic rings. The molecule has 1 aliphatic carbocycles. The first-order chi connectivity index (χ1) is 8.86. The molecule has 1 aromatic carbocycles. The SMILES string of the molecule is Cc1ccc(C(F)(F)F)cc1NC(C)CC1CCC1. The second kappa shape index (κ2) is 5.43. The minimum Gasteiger partial charge on any atom is -0.382 e. The van der Waals surface area contributed by atoms with Gasteiger partial charge in [-0.2, -0.15) is 13.2 Å². The molecule has 1 atom stereocenters. The fourth-order valence-electron chi connectivity index (χ4n) is 2.51. The van der Waals surface area contributed by atoms with Gasteiger partial charge in [-0.25, -0.2) is 0 Å². The number of hydrogen-bond acceptors (Lipinski definition) is 1. The zero-order valence-electron chi connectivity index (χ0n) is 11.3. The first-order valence-electron chi connectivity index (χ1n) is 6.80. The van der Waals surface area contributed by atoms with Crippen LogP contribution in [0, 0.1) is 12.8 Å². The van der Waals surface area contributed by atoms with E-state index in [1.165, 1.54) is 31.4 Å². The average Bonchev–Trinajstić information content (AvgIpc) is 2.25. The maximum absolute atomic E-state index is 12.7. The minimum absolute atomic E-state index is 0.215. The molecule has 0 aliphatic heterocycles. The molecule has 0 radical (unpaired) electrons. The lowest BCUT2D eigenvalue weighted by Gasteiger charge is -2.29. The number of hydrogen-bond donors (Lipinski definition) is 1. The van der Waals surface area contributed by atoms with Gasteiger partial charge in [-0.3, -0.25) is 0 Å². The molecule has 2 rings (SSSR count). The number of anilines is 1. The van der Waals surface area contributed by atoms with Crippen LogP contribution in [0.4, 0.5) is 18.9 Å². The summed E-state index contributed by atoms with van der Waals surface area (Å²) >= 11 is 0. The lowest BCUT2D eigenvalue weighted by molar-refractivity contribution is -0.137. The predicted molar refractivity (Wildman–Crippen MR) is 71.2 cm³/mol. The summed E-state index contributed by atoms with van der Waals surface area (Å²) in [4.78, 5) is 0. The molecule has 1 aromatic rings. The van der Waals surface area contributed by atoms with Gasteiger partial charge in [0.1, 0.15) is 0 Å². The van der Waals surface area contributed by atoms with E-state index >= 15 is 0 Å². The number of rotatable bonds is 4. The van der Waals surface area contributed by atoms with Crippen molar-refractivity contribution in [3.63, 3.8) is 0 Å². The van der Waals surface area contributed by atoms with Crippen molar-refractivity contribution in [3.8, 4) is 0 Å². The van der Waals surface area contributed by atoms with Crippen LogP contribution >= 0.6 is 0 Å². The highest BCUT2D eigenvalue weighted by molar-refractivity contribution is 5.53. The van der Waals surface area contributed by atoms with Crippen molar-refractivity contribution in [1.82, 2.24) is 0 Å². The Morgan fingerprint density at radius 2 is 2.00 bits per heavy atom. The van der Waals surface area contributed by atoms with Crippen LogP contribution in [-0.4, -0.2) is 6.04 Å². The van der Waals surface area contributed by atoms with Crippen molar-refractivity contribution in [2.75, 3.05) is 5.32 Å². The molecule has 0 spiro atoms. The van der Waals surface area contributed by atoms with Gasteiger partial charge in [0, 0.05) is 11.7 Å². The van der Waals surface area contributed by atoms with Crippen molar-refractivity contribution in [3.05, 3.63) is 29.3 Å². The van der Waals surface area contributed by atoms with Crippen LogP contribution in [0.15, 0.2) is 18.2 Å². The first-order valence-corrected chi connectivity index (χ1v) is 6.80. The van der Waals surface area contributed by atoms with E-state index in [0.29, 0.717) is 5.69 Å². The highest BCUT2D eigenvalue weighted by Crippen LogP contribution is 2.34. The standard InChI is InChI=1S/C15H20F3N/c1-10-6-7-13(15(16,17)18)9-14(10)19-11(2)8-12-4-3-5-12/h6-7,9,11-12,19H,3-5,8H2,1-2H3. The molecule has 1 fully saturated rings. The Balaban J connectivity index is 2.05.